The molecule has 8 heteroatoms. The van der Waals surface area contributed by atoms with Crippen molar-refractivity contribution in [3.05, 3.63) is 29.8 Å². The molecule has 1 saturated heterocycles. The minimum absolute atomic E-state index is 0. The van der Waals surface area contributed by atoms with Crippen LogP contribution in [0.2, 0.25) is 0 Å². The summed E-state index contributed by atoms with van der Waals surface area (Å²) in [5.74, 6) is 0.243. The molecule has 1 aromatic carbocycles. The SMILES string of the molecule is CN1CCN(C(=O)Cc2ccc(NC(=O)C3CCC(N)C3)cc2)CC1.Cl.Cl. The number of anilines is 1. The number of nitrogens with one attached hydrogen (secondary N) is 1. The lowest BCUT2D eigenvalue weighted by atomic mass is 10.1. The van der Waals surface area contributed by atoms with E-state index in [9.17, 15) is 9.59 Å². The molecule has 2 fully saturated rings. The van der Waals surface area contributed by atoms with Crippen LogP contribution in [0.15, 0.2) is 24.3 Å². The highest BCUT2D eigenvalue weighted by atomic mass is 35.5. The molecule has 1 aliphatic heterocycles. The van der Waals surface area contributed by atoms with Crippen molar-refractivity contribution >= 4 is 42.3 Å². The molecule has 1 aromatic rings. The summed E-state index contributed by atoms with van der Waals surface area (Å²) in [5, 5.41) is 2.96. The van der Waals surface area contributed by atoms with E-state index in [0.717, 1.165) is 56.7 Å². The molecular weight excluding hydrogens is 387 g/mol. The Labute approximate surface area is 173 Å². The van der Waals surface area contributed by atoms with Crippen LogP contribution in [0, 0.1) is 5.92 Å². The second-order valence-electron chi connectivity index (χ2n) is 7.32. The lowest BCUT2D eigenvalue weighted by Crippen LogP contribution is -2.47. The van der Waals surface area contributed by atoms with Crippen LogP contribution in [-0.4, -0.2) is 60.9 Å². The maximum atomic E-state index is 12.4. The number of nitrogens with two attached hydrogens (primary N) is 1. The molecule has 3 rings (SSSR count). The summed E-state index contributed by atoms with van der Waals surface area (Å²) in [6.07, 6.45) is 2.97. The average molecular weight is 417 g/mol. The molecule has 2 aliphatic rings. The number of hydrogen-bond acceptors (Lipinski definition) is 4. The fourth-order valence-corrected chi connectivity index (χ4v) is 3.55. The van der Waals surface area contributed by atoms with Gasteiger partial charge in [-0.05, 0) is 44.0 Å². The molecule has 3 N–H and O–H groups in total. The molecule has 2 amide bonds. The van der Waals surface area contributed by atoms with Gasteiger partial charge in [0.25, 0.3) is 0 Å². The van der Waals surface area contributed by atoms with E-state index in [0.29, 0.717) is 6.42 Å². The van der Waals surface area contributed by atoms with E-state index < -0.39 is 0 Å². The highest BCUT2D eigenvalue weighted by molar-refractivity contribution is 5.92. The molecule has 2 atom stereocenters. The zero-order valence-electron chi connectivity index (χ0n) is 15.7. The zero-order valence-corrected chi connectivity index (χ0v) is 17.4. The van der Waals surface area contributed by atoms with Gasteiger partial charge in [0, 0.05) is 43.8 Å². The quantitative estimate of drug-likeness (QED) is 0.785. The lowest BCUT2D eigenvalue weighted by Gasteiger charge is -2.32. The summed E-state index contributed by atoms with van der Waals surface area (Å²) in [6.45, 7) is 3.46. The Balaban J connectivity index is 0.00000182. The fourth-order valence-electron chi connectivity index (χ4n) is 3.55. The van der Waals surface area contributed by atoms with E-state index in [1.807, 2.05) is 29.2 Å². The van der Waals surface area contributed by atoms with Crippen molar-refractivity contribution < 1.29 is 9.59 Å². The Morgan fingerprint density at radius 2 is 1.70 bits per heavy atom. The first-order valence-corrected chi connectivity index (χ1v) is 9.13. The Hall–Kier alpha value is -1.34. The van der Waals surface area contributed by atoms with Gasteiger partial charge in [-0.15, -0.1) is 24.8 Å². The van der Waals surface area contributed by atoms with E-state index in [2.05, 4.69) is 17.3 Å². The van der Waals surface area contributed by atoms with Gasteiger partial charge in [0.1, 0.15) is 0 Å². The summed E-state index contributed by atoms with van der Waals surface area (Å²) in [5.41, 5.74) is 7.63. The summed E-state index contributed by atoms with van der Waals surface area (Å²) in [6, 6.07) is 7.74. The smallest absolute Gasteiger partial charge is 0.227 e. The van der Waals surface area contributed by atoms with Crippen molar-refractivity contribution in [2.75, 3.05) is 38.5 Å². The van der Waals surface area contributed by atoms with Gasteiger partial charge in [0.2, 0.25) is 11.8 Å². The Morgan fingerprint density at radius 1 is 1.07 bits per heavy atom. The number of halogens is 2. The van der Waals surface area contributed by atoms with E-state index in [1.165, 1.54) is 0 Å². The second-order valence-corrected chi connectivity index (χ2v) is 7.32. The van der Waals surface area contributed by atoms with Crippen molar-refractivity contribution in [2.24, 2.45) is 11.7 Å². The van der Waals surface area contributed by atoms with Crippen LogP contribution >= 0.6 is 24.8 Å². The van der Waals surface area contributed by atoms with Crippen LogP contribution in [0.4, 0.5) is 5.69 Å². The van der Waals surface area contributed by atoms with Gasteiger partial charge in [-0.3, -0.25) is 9.59 Å². The van der Waals surface area contributed by atoms with Crippen LogP contribution in [0.25, 0.3) is 0 Å². The number of rotatable bonds is 4. The fraction of sp³-hybridized carbons (Fsp3) is 0.579. The van der Waals surface area contributed by atoms with Gasteiger partial charge in [-0.1, -0.05) is 12.1 Å². The lowest BCUT2D eigenvalue weighted by molar-refractivity contribution is -0.132. The second kappa shape index (κ2) is 10.9. The van der Waals surface area contributed by atoms with Crippen molar-refractivity contribution in [3.63, 3.8) is 0 Å². The van der Waals surface area contributed by atoms with E-state index in [-0.39, 0.29) is 48.6 Å². The molecule has 27 heavy (non-hydrogen) atoms. The number of nitrogens with zero attached hydrogens (tertiary/aromatic N) is 2. The Kier molecular flexibility index (Phi) is 9.53. The van der Waals surface area contributed by atoms with Crippen LogP contribution in [-0.2, 0) is 16.0 Å². The molecule has 1 aliphatic carbocycles. The Morgan fingerprint density at radius 3 is 2.26 bits per heavy atom. The third-order valence-corrected chi connectivity index (χ3v) is 5.28. The van der Waals surface area contributed by atoms with Crippen LogP contribution in [0.3, 0.4) is 0 Å². The largest absolute Gasteiger partial charge is 0.340 e. The number of carbonyl (C=O) groups excluding carboxylic acids is 2. The first-order valence-electron chi connectivity index (χ1n) is 9.13. The predicted octanol–water partition coefficient (Wildman–Crippen LogP) is 1.91. The first-order chi connectivity index (χ1) is 12.0. The van der Waals surface area contributed by atoms with E-state index in [1.54, 1.807) is 0 Å². The van der Waals surface area contributed by atoms with Gasteiger partial charge in [0.15, 0.2) is 0 Å². The van der Waals surface area contributed by atoms with E-state index in [4.69, 9.17) is 5.73 Å². The number of hydrogen-bond donors (Lipinski definition) is 2. The predicted molar refractivity (Wildman–Crippen MR) is 113 cm³/mol. The molecule has 0 radical (unpaired) electrons. The number of amides is 2. The monoisotopic (exact) mass is 416 g/mol. The number of piperazine rings is 1. The summed E-state index contributed by atoms with van der Waals surface area (Å²) in [7, 11) is 2.08. The summed E-state index contributed by atoms with van der Waals surface area (Å²) in [4.78, 5) is 28.8. The molecule has 6 nitrogen and oxygen atoms in total. The molecule has 152 valence electrons. The normalized spacial score (nSPS) is 22.5. The topological polar surface area (TPSA) is 78.7 Å². The minimum Gasteiger partial charge on any atom is -0.340 e. The molecular formula is C19H30Cl2N4O2. The van der Waals surface area contributed by atoms with Gasteiger partial charge < -0.3 is 20.9 Å². The average Bonchev–Trinajstić information content (AvgIpc) is 3.04. The Bertz CT molecular complexity index is 619. The number of benzene rings is 1. The van der Waals surface area contributed by atoms with Crippen molar-refractivity contribution in [1.82, 2.24) is 9.80 Å². The maximum Gasteiger partial charge on any atom is 0.227 e. The van der Waals surface area contributed by atoms with Crippen LogP contribution < -0.4 is 11.1 Å². The van der Waals surface area contributed by atoms with Crippen molar-refractivity contribution in [1.29, 1.82) is 0 Å². The van der Waals surface area contributed by atoms with Crippen molar-refractivity contribution in [3.8, 4) is 0 Å². The number of likely N-dealkylation sites (N-methyl/N-ethyl adjacent to an activating group) is 1. The minimum atomic E-state index is 0. The highest BCUT2D eigenvalue weighted by Gasteiger charge is 2.27. The summed E-state index contributed by atoms with van der Waals surface area (Å²) >= 11 is 0. The van der Waals surface area contributed by atoms with Gasteiger partial charge in [-0.25, -0.2) is 0 Å². The van der Waals surface area contributed by atoms with Crippen LogP contribution in [0.5, 0.6) is 0 Å². The molecule has 0 aromatic heterocycles. The molecule has 2 unspecified atom stereocenters. The summed E-state index contributed by atoms with van der Waals surface area (Å²) < 4.78 is 0. The highest BCUT2D eigenvalue weighted by Crippen LogP contribution is 2.25. The molecule has 1 saturated carbocycles. The van der Waals surface area contributed by atoms with Gasteiger partial charge in [0.05, 0.1) is 6.42 Å². The third kappa shape index (κ3) is 6.64. The zero-order chi connectivity index (χ0) is 17.8. The molecule has 0 bridgehead atoms. The van der Waals surface area contributed by atoms with E-state index >= 15 is 0 Å². The van der Waals surface area contributed by atoms with Crippen molar-refractivity contribution in [2.45, 2.75) is 31.7 Å². The standard InChI is InChI=1S/C19H28N4O2.2ClH/c1-22-8-10-23(11-9-22)18(24)12-14-2-6-17(7-3-14)21-19(25)15-4-5-16(20)13-15;;/h2-3,6-7,15-16H,4-5,8-13,20H2,1H3,(H,21,25);2*1H. The van der Waals surface area contributed by atoms with Gasteiger partial charge >= 0.3 is 0 Å². The molecule has 0 spiro atoms. The van der Waals surface area contributed by atoms with Crippen LogP contribution in [0.1, 0.15) is 24.8 Å². The number of carbonyl (C=O) groups is 2. The first kappa shape index (κ1) is 23.7. The van der Waals surface area contributed by atoms with Gasteiger partial charge in [-0.2, -0.15) is 0 Å². The maximum absolute atomic E-state index is 12.4. The molecule has 1 heterocycles. The third-order valence-electron chi connectivity index (χ3n) is 5.28.